The standard InChI is InChI=1S/C6H10O3/c1-4-5(7)2-3-6(8)9-4/h4,6,8H,2-3H2,1H3/t4-,6?/m0/s1. The summed E-state index contributed by atoms with van der Waals surface area (Å²) in [5.74, 6) is 0.0836. The highest BCUT2D eigenvalue weighted by atomic mass is 16.6. The van der Waals surface area contributed by atoms with Crippen molar-refractivity contribution in [3.63, 3.8) is 0 Å². The van der Waals surface area contributed by atoms with E-state index in [2.05, 4.69) is 0 Å². The highest BCUT2D eigenvalue weighted by Crippen LogP contribution is 2.12. The molecular weight excluding hydrogens is 120 g/mol. The summed E-state index contributed by atoms with van der Waals surface area (Å²) in [4.78, 5) is 10.7. The minimum atomic E-state index is -0.724. The Hall–Kier alpha value is -0.410. The molecule has 0 aromatic rings. The molecule has 1 fully saturated rings. The van der Waals surface area contributed by atoms with Crippen molar-refractivity contribution in [1.82, 2.24) is 0 Å². The number of ether oxygens (including phenoxy) is 1. The highest BCUT2D eigenvalue weighted by Gasteiger charge is 2.23. The van der Waals surface area contributed by atoms with Crippen LogP contribution in [0.3, 0.4) is 0 Å². The fraction of sp³-hybridized carbons (Fsp3) is 0.833. The van der Waals surface area contributed by atoms with E-state index in [1.807, 2.05) is 0 Å². The molecule has 52 valence electrons. The molecule has 0 saturated carbocycles. The number of hydrogen-bond donors (Lipinski definition) is 1. The maximum absolute atomic E-state index is 10.7. The Morgan fingerprint density at radius 2 is 2.44 bits per heavy atom. The van der Waals surface area contributed by atoms with Gasteiger partial charge in [-0.05, 0) is 6.92 Å². The third-order valence-electron chi connectivity index (χ3n) is 1.45. The van der Waals surface area contributed by atoms with Crippen LogP contribution < -0.4 is 0 Å². The van der Waals surface area contributed by atoms with Crippen LogP contribution >= 0.6 is 0 Å². The molecule has 0 spiro atoms. The molecule has 1 N–H and O–H groups in total. The molecule has 9 heavy (non-hydrogen) atoms. The van der Waals surface area contributed by atoms with Crippen LogP contribution in [0.5, 0.6) is 0 Å². The van der Waals surface area contributed by atoms with E-state index in [0.717, 1.165) is 0 Å². The lowest BCUT2D eigenvalue weighted by Crippen LogP contribution is -2.32. The molecule has 3 nitrogen and oxygen atoms in total. The third kappa shape index (κ3) is 1.50. The zero-order chi connectivity index (χ0) is 6.85. The minimum absolute atomic E-state index is 0.0836. The van der Waals surface area contributed by atoms with E-state index in [1.165, 1.54) is 0 Å². The number of hydrogen-bond acceptors (Lipinski definition) is 3. The summed E-state index contributed by atoms with van der Waals surface area (Å²) < 4.78 is 4.80. The van der Waals surface area contributed by atoms with Crippen molar-refractivity contribution in [2.45, 2.75) is 32.2 Å². The summed E-state index contributed by atoms with van der Waals surface area (Å²) in [6, 6.07) is 0. The van der Waals surface area contributed by atoms with E-state index in [0.29, 0.717) is 12.8 Å². The molecular formula is C6H10O3. The van der Waals surface area contributed by atoms with Gasteiger partial charge < -0.3 is 9.84 Å². The normalized spacial score (nSPS) is 36.9. The fourth-order valence-electron chi connectivity index (χ4n) is 0.849. The molecule has 0 aromatic heterocycles. The molecule has 0 radical (unpaired) electrons. The Morgan fingerprint density at radius 1 is 1.78 bits per heavy atom. The molecule has 1 heterocycles. The number of aliphatic hydroxyl groups is 1. The monoisotopic (exact) mass is 130 g/mol. The van der Waals surface area contributed by atoms with Gasteiger partial charge in [0.25, 0.3) is 0 Å². The van der Waals surface area contributed by atoms with Crippen LogP contribution in [-0.4, -0.2) is 23.3 Å². The second kappa shape index (κ2) is 2.45. The summed E-state index contributed by atoms with van der Waals surface area (Å²) in [6.07, 6.45) is -0.239. The number of carbonyl (C=O) groups excluding carboxylic acids is 1. The molecule has 1 unspecified atom stereocenters. The van der Waals surface area contributed by atoms with Crippen LogP contribution in [0.2, 0.25) is 0 Å². The predicted molar refractivity (Wildman–Crippen MR) is 30.8 cm³/mol. The Morgan fingerprint density at radius 3 is 2.89 bits per heavy atom. The first-order valence-corrected chi connectivity index (χ1v) is 3.06. The minimum Gasteiger partial charge on any atom is -0.368 e. The molecule has 2 atom stereocenters. The molecule has 1 rings (SSSR count). The SMILES string of the molecule is C[C@@H]1OC(O)CCC1=O. The lowest BCUT2D eigenvalue weighted by atomic mass is 10.1. The van der Waals surface area contributed by atoms with Gasteiger partial charge in [-0.15, -0.1) is 0 Å². The summed E-state index contributed by atoms with van der Waals surface area (Å²) >= 11 is 0. The summed E-state index contributed by atoms with van der Waals surface area (Å²) in [7, 11) is 0. The van der Waals surface area contributed by atoms with Crippen molar-refractivity contribution in [2.24, 2.45) is 0 Å². The summed E-state index contributed by atoms with van der Waals surface area (Å²) in [5.41, 5.74) is 0. The number of rotatable bonds is 0. The van der Waals surface area contributed by atoms with Gasteiger partial charge in [0.1, 0.15) is 6.10 Å². The first-order valence-electron chi connectivity index (χ1n) is 3.06. The first-order chi connectivity index (χ1) is 4.20. The highest BCUT2D eigenvalue weighted by molar-refractivity contribution is 5.83. The van der Waals surface area contributed by atoms with Gasteiger partial charge in [0.05, 0.1) is 0 Å². The number of carbonyl (C=O) groups is 1. The lowest BCUT2D eigenvalue weighted by Gasteiger charge is -2.22. The molecule has 0 amide bonds. The van der Waals surface area contributed by atoms with Gasteiger partial charge in [-0.25, -0.2) is 0 Å². The van der Waals surface area contributed by atoms with Crippen LogP contribution in [0.15, 0.2) is 0 Å². The van der Waals surface area contributed by atoms with Crippen LogP contribution in [-0.2, 0) is 9.53 Å². The zero-order valence-electron chi connectivity index (χ0n) is 5.33. The first kappa shape index (κ1) is 6.71. The molecule has 0 bridgehead atoms. The Kier molecular flexibility index (Phi) is 1.83. The average Bonchev–Trinajstić information content (AvgIpc) is 1.80. The Bertz CT molecular complexity index is 121. The quantitative estimate of drug-likeness (QED) is 0.505. The zero-order valence-corrected chi connectivity index (χ0v) is 5.33. The number of aliphatic hydroxyl groups excluding tert-OH is 1. The van der Waals surface area contributed by atoms with E-state index >= 15 is 0 Å². The van der Waals surface area contributed by atoms with Crippen molar-refractivity contribution in [3.05, 3.63) is 0 Å². The second-order valence-electron chi connectivity index (χ2n) is 2.24. The topological polar surface area (TPSA) is 46.5 Å². The Balaban J connectivity index is 2.44. The van der Waals surface area contributed by atoms with Gasteiger partial charge in [0, 0.05) is 12.8 Å². The molecule has 3 heteroatoms. The fourth-order valence-corrected chi connectivity index (χ4v) is 0.849. The van der Waals surface area contributed by atoms with E-state index < -0.39 is 12.4 Å². The van der Waals surface area contributed by atoms with E-state index in [-0.39, 0.29) is 5.78 Å². The number of Topliss-reactive ketones (excluding diaryl/α,β-unsaturated/α-hetero) is 1. The molecule has 1 aliphatic rings. The van der Waals surface area contributed by atoms with Crippen molar-refractivity contribution < 1.29 is 14.6 Å². The Labute approximate surface area is 53.6 Å². The predicted octanol–water partition coefficient (Wildman–Crippen LogP) is 0.0728. The summed E-state index contributed by atoms with van der Waals surface area (Å²) in [5, 5.41) is 8.82. The van der Waals surface area contributed by atoms with Gasteiger partial charge in [-0.1, -0.05) is 0 Å². The lowest BCUT2D eigenvalue weighted by molar-refractivity contribution is -0.172. The van der Waals surface area contributed by atoms with E-state index in [1.54, 1.807) is 6.92 Å². The maximum Gasteiger partial charge on any atom is 0.161 e. The van der Waals surface area contributed by atoms with Crippen LogP contribution in [0.4, 0.5) is 0 Å². The van der Waals surface area contributed by atoms with E-state index in [4.69, 9.17) is 9.84 Å². The van der Waals surface area contributed by atoms with Crippen LogP contribution in [0, 0.1) is 0 Å². The van der Waals surface area contributed by atoms with Crippen molar-refractivity contribution in [1.29, 1.82) is 0 Å². The van der Waals surface area contributed by atoms with Gasteiger partial charge in [0.15, 0.2) is 12.1 Å². The largest absolute Gasteiger partial charge is 0.368 e. The number of ketones is 1. The third-order valence-corrected chi connectivity index (χ3v) is 1.45. The molecule has 1 saturated heterocycles. The van der Waals surface area contributed by atoms with Gasteiger partial charge in [-0.2, -0.15) is 0 Å². The molecule has 0 aliphatic carbocycles. The maximum atomic E-state index is 10.7. The summed E-state index contributed by atoms with van der Waals surface area (Å²) in [6.45, 7) is 1.66. The van der Waals surface area contributed by atoms with Gasteiger partial charge in [-0.3, -0.25) is 4.79 Å². The van der Waals surface area contributed by atoms with Gasteiger partial charge in [0.2, 0.25) is 0 Å². The van der Waals surface area contributed by atoms with E-state index in [9.17, 15) is 4.79 Å². The van der Waals surface area contributed by atoms with Crippen molar-refractivity contribution in [3.8, 4) is 0 Å². The smallest absolute Gasteiger partial charge is 0.161 e. The van der Waals surface area contributed by atoms with Crippen LogP contribution in [0.1, 0.15) is 19.8 Å². The van der Waals surface area contributed by atoms with Crippen molar-refractivity contribution >= 4 is 5.78 Å². The second-order valence-corrected chi connectivity index (χ2v) is 2.24. The van der Waals surface area contributed by atoms with Crippen LogP contribution in [0.25, 0.3) is 0 Å². The van der Waals surface area contributed by atoms with Crippen molar-refractivity contribution in [2.75, 3.05) is 0 Å². The average molecular weight is 130 g/mol. The molecule has 1 aliphatic heterocycles. The van der Waals surface area contributed by atoms with Gasteiger partial charge >= 0.3 is 0 Å². The molecule has 0 aromatic carbocycles.